The molecule has 6 heteroatoms. The highest BCUT2D eigenvalue weighted by Gasteiger charge is 2.07. The van der Waals surface area contributed by atoms with Gasteiger partial charge in [-0.3, -0.25) is 9.78 Å². The number of hydrogen-bond donors (Lipinski definition) is 2. The first-order valence-electron chi connectivity index (χ1n) is 5.46. The molecule has 0 aliphatic rings. The molecule has 3 aromatic rings. The summed E-state index contributed by atoms with van der Waals surface area (Å²) in [6.45, 7) is 2.00. The van der Waals surface area contributed by atoms with E-state index < -0.39 is 0 Å². The van der Waals surface area contributed by atoms with Crippen LogP contribution in [0.25, 0.3) is 16.9 Å². The molecular weight excluding hydrogens is 230 g/mol. The molecule has 0 atom stereocenters. The highest BCUT2D eigenvalue weighted by Crippen LogP contribution is 2.15. The number of nitrogens with one attached hydrogen (secondary N) is 1. The van der Waals surface area contributed by atoms with E-state index in [0.717, 1.165) is 11.1 Å². The van der Waals surface area contributed by atoms with Crippen LogP contribution in [0.5, 0.6) is 0 Å². The number of aromatic amines is 1. The van der Waals surface area contributed by atoms with Crippen LogP contribution in [-0.2, 0) is 0 Å². The van der Waals surface area contributed by atoms with E-state index in [0.29, 0.717) is 11.3 Å². The summed E-state index contributed by atoms with van der Waals surface area (Å²) in [5, 5.41) is 3.97. The molecule has 6 nitrogen and oxygen atoms in total. The maximum Gasteiger partial charge on any atom is 0.260 e. The van der Waals surface area contributed by atoms with Crippen LogP contribution < -0.4 is 11.3 Å². The number of anilines is 1. The molecule has 0 fully saturated rings. The van der Waals surface area contributed by atoms with Gasteiger partial charge in [0.2, 0.25) is 11.7 Å². The zero-order valence-electron chi connectivity index (χ0n) is 9.71. The van der Waals surface area contributed by atoms with E-state index in [2.05, 4.69) is 15.1 Å². The van der Waals surface area contributed by atoms with E-state index in [1.807, 2.05) is 31.2 Å². The Kier molecular flexibility index (Phi) is 2.16. The topological polar surface area (TPSA) is 89.1 Å². The predicted molar refractivity (Wildman–Crippen MR) is 68.2 cm³/mol. The van der Waals surface area contributed by atoms with Crippen LogP contribution in [0.4, 0.5) is 5.95 Å². The summed E-state index contributed by atoms with van der Waals surface area (Å²) < 4.78 is 1.46. The van der Waals surface area contributed by atoms with Crippen molar-refractivity contribution in [3.63, 3.8) is 0 Å². The van der Waals surface area contributed by atoms with Crippen LogP contribution in [0.1, 0.15) is 5.56 Å². The first-order valence-corrected chi connectivity index (χ1v) is 5.46. The maximum atomic E-state index is 12.0. The molecule has 0 unspecified atom stereocenters. The molecule has 1 aromatic carbocycles. The second-order valence-corrected chi connectivity index (χ2v) is 4.10. The minimum atomic E-state index is -0.209. The number of aryl methyl sites for hydroxylation is 1. The summed E-state index contributed by atoms with van der Waals surface area (Å²) in [5.74, 6) is 0.472. The number of nitrogens with two attached hydrogens (primary N) is 1. The van der Waals surface area contributed by atoms with Gasteiger partial charge in [-0.25, -0.2) is 4.52 Å². The number of aromatic nitrogens is 4. The Hall–Kier alpha value is -2.63. The number of rotatable bonds is 1. The molecule has 0 saturated carbocycles. The van der Waals surface area contributed by atoms with Crippen molar-refractivity contribution in [3.05, 3.63) is 46.4 Å². The second kappa shape index (κ2) is 3.69. The summed E-state index contributed by atoms with van der Waals surface area (Å²) in [6.07, 6.45) is 1.63. The SMILES string of the molecule is Cc1ccc(-c2cn3nc(N)nc3[nH]c2=O)cc1. The van der Waals surface area contributed by atoms with E-state index in [1.165, 1.54) is 4.52 Å². The van der Waals surface area contributed by atoms with Gasteiger partial charge in [0.1, 0.15) is 0 Å². The van der Waals surface area contributed by atoms with Gasteiger partial charge >= 0.3 is 0 Å². The normalized spacial score (nSPS) is 10.9. The predicted octanol–water partition coefficient (Wildman–Crippen LogP) is 0.975. The van der Waals surface area contributed by atoms with Crippen molar-refractivity contribution in [2.24, 2.45) is 0 Å². The Morgan fingerprint density at radius 1 is 1.28 bits per heavy atom. The fourth-order valence-electron chi connectivity index (χ4n) is 1.80. The lowest BCUT2D eigenvalue weighted by Gasteiger charge is -2.01. The lowest BCUT2D eigenvalue weighted by Crippen LogP contribution is -2.11. The molecule has 0 radical (unpaired) electrons. The van der Waals surface area contributed by atoms with Gasteiger partial charge in [-0.2, -0.15) is 4.98 Å². The van der Waals surface area contributed by atoms with Crippen molar-refractivity contribution in [2.45, 2.75) is 6.92 Å². The molecule has 0 amide bonds. The number of H-pyrrole nitrogens is 1. The standard InChI is InChI=1S/C12H11N5O/c1-7-2-4-8(5-3-7)9-6-17-12(14-10(9)18)15-11(13)16-17/h2-6H,1H3,(H3,13,14,15,16,18). The summed E-state index contributed by atoms with van der Waals surface area (Å²) in [6, 6.07) is 7.70. The molecular formula is C12H11N5O. The van der Waals surface area contributed by atoms with Crippen LogP contribution in [-0.4, -0.2) is 19.6 Å². The van der Waals surface area contributed by atoms with E-state index >= 15 is 0 Å². The van der Waals surface area contributed by atoms with Crippen molar-refractivity contribution < 1.29 is 0 Å². The highest BCUT2D eigenvalue weighted by molar-refractivity contribution is 5.62. The lowest BCUT2D eigenvalue weighted by atomic mass is 10.1. The Morgan fingerprint density at radius 2 is 2.00 bits per heavy atom. The quantitative estimate of drug-likeness (QED) is 0.664. The van der Waals surface area contributed by atoms with E-state index in [4.69, 9.17) is 5.73 Å². The minimum Gasteiger partial charge on any atom is -0.366 e. The van der Waals surface area contributed by atoms with Crippen LogP contribution in [0.15, 0.2) is 35.3 Å². The molecule has 0 bridgehead atoms. The molecule has 3 N–H and O–H groups in total. The van der Waals surface area contributed by atoms with Crippen LogP contribution >= 0.6 is 0 Å². The van der Waals surface area contributed by atoms with Crippen molar-refractivity contribution in [1.29, 1.82) is 0 Å². The zero-order valence-corrected chi connectivity index (χ0v) is 9.71. The molecule has 0 aliphatic carbocycles. The molecule has 0 aliphatic heterocycles. The lowest BCUT2D eigenvalue weighted by molar-refractivity contribution is 0.937. The largest absolute Gasteiger partial charge is 0.366 e. The third-order valence-electron chi connectivity index (χ3n) is 2.73. The molecule has 18 heavy (non-hydrogen) atoms. The van der Waals surface area contributed by atoms with Crippen LogP contribution in [0, 0.1) is 6.92 Å². The summed E-state index contributed by atoms with van der Waals surface area (Å²) in [5.41, 5.74) is 7.78. The zero-order chi connectivity index (χ0) is 12.7. The third-order valence-corrected chi connectivity index (χ3v) is 2.73. The Morgan fingerprint density at radius 3 is 2.72 bits per heavy atom. The summed E-state index contributed by atoms with van der Waals surface area (Å²) >= 11 is 0. The van der Waals surface area contributed by atoms with Crippen molar-refractivity contribution in [3.8, 4) is 11.1 Å². The van der Waals surface area contributed by atoms with Gasteiger partial charge < -0.3 is 5.73 Å². The van der Waals surface area contributed by atoms with Gasteiger partial charge in [-0.1, -0.05) is 29.8 Å². The fraction of sp³-hybridized carbons (Fsp3) is 0.0833. The molecule has 0 spiro atoms. The van der Waals surface area contributed by atoms with E-state index in [-0.39, 0.29) is 11.5 Å². The second-order valence-electron chi connectivity index (χ2n) is 4.10. The number of hydrogen-bond acceptors (Lipinski definition) is 4. The fourth-order valence-corrected chi connectivity index (χ4v) is 1.80. The maximum absolute atomic E-state index is 12.0. The Labute approximate surface area is 102 Å². The minimum absolute atomic E-state index is 0.131. The molecule has 2 aromatic heterocycles. The van der Waals surface area contributed by atoms with Gasteiger partial charge in [0.15, 0.2) is 0 Å². The number of benzene rings is 1. The van der Waals surface area contributed by atoms with Gasteiger partial charge in [-0.15, -0.1) is 5.10 Å². The summed E-state index contributed by atoms with van der Waals surface area (Å²) in [7, 11) is 0. The first kappa shape index (κ1) is 10.5. The number of nitrogens with zero attached hydrogens (tertiary/aromatic N) is 3. The van der Waals surface area contributed by atoms with Gasteiger partial charge in [0.25, 0.3) is 5.56 Å². The summed E-state index contributed by atoms with van der Waals surface area (Å²) in [4.78, 5) is 18.5. The monoisotopic (exact) mass is 241 g/mol. The Balaban J connectivity index is 2.25. The van der Waals surface area contributed by atoms with Crippen molar-refractivity contribution >= 4 is 11.7 Å². The average molecular weight is 241 g/mol. The molecule has 90 valence electrons. The average Bonchev–Trinajstić information content (AvgIpc) is 2.68. The van der Waals surface area contributed by atoms with Crippen LogP contribution in [0.3, 0.4) is 0 Å². The number of fused-ring (bicyclic) bond motifs is 1. The molecule has 2 heterocycles. The van der Waals surface area contributed by atoms with Gasteiger partial charge in [0, 0.05) is 6.20 Å². The van der Waals surface area contributed by atoms with Gasteiger partial charge in [-0.05, 0) is 12.5 Å². The van der Waals surface area contributed by atoms with Crippen molar-refractivity contribution in [1.82, 2.24) is 19.6 Å². The van der Waals surface area contributed by atoms with Crippen molar-refractivity contribution in [2.75, 3.05) is 5.73 Å². The van der Waals surface area contributed by atoms with Crippen LogP contribution in [0.2, 0.25) is 0 Å². The highest BCUT2D eigenvalue weighted by atomic mass is 16.1. The smallest absolute Gasteiger partial charge is 0.260 e. The van der Waals surface area contributed by atoms with Gasteiger partial charge in [0.05, 0.1) is 5.56 Å². The molecule has 0 saturated heterocycles. The first-order chi connectivity index (χ1) is 8.63. The third kappa shape index (κ3) is 1.64. The number of nitrogen functional groups attached to an aromatic ring is 1. The Bertz CT molecular complexity index is 769. The van der Waals surface area contributed by atoms with E-state index in [9.17, 15) is 4.79 Å². The molecule has 3 rings (SSSR count). The van der Waals surface area contributed by atoms with E-state index in [1.54, 1.807) is 6.20 Å².